The van der Waals surface area contributed by atoms with Gasteiger partial charge < -0.3 is 26.4 Å². The lowest BCUT2D eigenvalue weighted by molar-refractivity contribution is 0.0998. The topological polar surface area (TPSA) is 124 Å². The zero-order valence-electron chi connectivity index (χ0n) is 19.6. The number of hydrogen-bond acceptors (Lipinski definition) is 6. The third kappa shape index (κ3) is 5.33. The van der Waals surface area contributed by atoms with Crippen LogP contribution in [0.4, 0.5) is 15.9 Å². The Balaban J connectivity index is 1.83. The van der Waals surface area contributed by atoms with E-state index in [0.717, 1.165) is 44.6 Å². The molecule has 33 heavy (non-hydrogen) atoms. The summed E-state index contributed by atoms with van der Waals surface area (Å²) in [4.78, 5) is 18.9. The molecule has 3 rings (SSSR count). The number of carbonyl (C=O) groups is 1. The summed E-state index contributed by atoms with van der Waals surface area (Å²) in [5, 5.41) is 7.71. The van der Waals surface area contributed by atoms with Gasteiger partial charge in [0.15, 0.2) is 5.82 Å². The molecule has 5 N–H and O–H groups in total. The number of likely N-dealkylation sites (tertiary alicyclic amines) is 1. The molecule has 10 heteroatoms. The molecule has 0 bridgehead atoms. The number of nitrogens with zero attached hydrogens (tertiary/aromatic N) is 4. The number of piperidine rings is 1. The number of carbonyl (C=O) groups excluding carboxylic acids is 1. The van der Waals surface area contributed by atoms with E-state index < -0.39 is 11.4 Å². The van der Waals surface area contributed by atoms with E-state index >= 15 is 0 Å². The number of aromatic nitrogens is 2. The van der Waals surface area contributed by atoms with E-state index in [9.17, 15) is 9.18 Å². The van der Waals surface area contributed by atoms with Crippen molar-refractivity contribution in [2.45, 2.75) is 44.2 Å². The Morgan fingerprint density at radius 3 is 2.52 bits per heavy atom. The number of aliphatic imine (C=N–C) groups is 1. The van der Waals surface area contributed by atoms with Crippen LogP contribution in [0.2, 0.25) is 0 Å². The van der Waals surface area contributed by atoms with Crippen LogP contribution in [0.3, 0.4) is 0 Å². The summed E-state index contributed by atoms with van der Waals surface area (Å²) in [6.45, 7) is 3.96. The fourth-order valence-corrected chi connectivity index (χ4v) is 4.34. The van der Waals surface area contributed by atoms with E-state index in [-0.39, 0.29) is 17.5 Å². The van der Waals surface area contributed by atoms with E-state index in [1.165, 1.54) is 12.1 Å². The second-order valence-corrected chi connectivity index (χ2v) is 8.34. The van der Waals surface area contributed by atoms with Gasteiger partial charge in [-0.2, -0.15) is 5.10 Å². The number of nitrogens with one attached hydrogen (secondary N) is 1. The minimum Gasteiger partial charge on any atom is -0.374 e. The largest absolute Gasteiger partial charge is 0.374 e. The molecule has 1 aromatic heterocycles. The molecule has 1 aliphatic rings. The second-order valence-electron chi connectivity index (χ2n) is 8.34. The SMILES string of the molecule is CCCC(OC)C(=NC)N1CCC(CN)(n2cc(C(N)=O)c(Nc3ccc(F)cc3)n2)CC1. The van der Waals surface area contributed by atoms with Gasteiger partial charge in [-0.1, -0.05) is 13.3 Å². The predicted octanol–water partition coefficient (Wildman–Crippen LogP) is 2.46. The van der Waals surface area contributed by atoms with Gasteiger partial charge in [-0.05, 0) is 43.5 Å². The van der Waals surface area contributed by atoms with Crippen LogP contribution < -0.4 is 16.8 Å². The van der Waals surface area contributed by atoms with E-state index in [1.54, 1.807) is 37.2 Å². The molecular formula is C23H34FN7O2. The smallest absolute Gasteiger partial charge is 0.254 e. The lowest BCUT2D eigenvalue weighted by atomic mass is 9.87. The van der Waals surface area contributed by atoms with Gasteiger partial charge in [0.1, 0.15) is 23.3 Å². The number of primary amides is 1. The van der Waals surface area contributed by atoms with Crippen LogP contribution in [0.1, 0.15) is 43.0 Å². The van der Waals surface area contributed by atoms with Crippen LogP contribution in [0, 0.1) is 5.82 Å². The van der Waals surface area contributed by atoms with Gasteiger partial charge >= 0.3 is 0 Å². The lowest BCUT2D eigenvalue weighted by Gasteiger charge is -2.43. The highest BCUT2D eigenvalue weighted by atomic mass is 19.1. The maximum Gasteiger partial charge on any atom is 0.254 e. The number of anilines is 2. The van der Waals surface area contributed by atoms with Crippen molar-refractivity contribution >= 4 is 23.2 Å². The molecule has 0 aliphatic carbocycles. The number of amidine groups is 1. The Morgan fingerprint density at radius 2 is 2.00 bits per heavy atom. The highest BCUT2D eigenvalue weighted by Gasteiger charge is 2.38. The van der Waals surface area contributed by atoms with Crippen LogP contribution >= 0.6 is 0 Å². The molecule has 1 saturated heterocycles. The normalized spacial score (nSPS) is 17.1. The summed E-state index contributed by atoms with van der Waals surface area (Å²) >= 11 is 0. The molecule has 2 heterocycles. The fourth-order valence-electron chi connectivity index (χ4n) is 4.34. The van der Waals surface area contributed by atoms with Crippen LogP contribution in [-0.4, -0.2) is 66.3 Å². The van der Waals surface area contributed by atoms with E-state index in [4.69, 9.17) is 16.2 Å². The Hall–Kier alpha value is -2.98. The number of amides is 1. The molecule has 1 unspecified atom stereocenters. The molecule has 0 saturated carbocycles. The second kappa shape index (κ2) is 10.8. The summed E-state index contributed by atoms with van der Waals surface area (Å²) in [6, 6.07) is 5.81. The standard InChI is InChI=1S/C23H34FN7O2/c1-4-5-19(33-3)22(27-2)30-12-10-23(15-25,11-13-30)31-14-18(20(26)32)21(29-31)28-17-8-6-16(24)7-9-17/h6-9,14,19H,4-5,10-13,15,25H2,1-3H3,(H2,26,32)(H,28,29). The van der Waals surface area contributed by atoms with Gasteiger partial charge in [-0.25, -0.2) is 4.39 Å². The highest BCUT2D eigenvalue weighted by molar-refractivity contribution is 5.98. The van der Waals surface area contributed by atoms with Gasteiger partial charge in [-0.15, -0.1) is 0 Å². The first-order valence-electron chi connectivity index (χ1n) is 11.2. The monoisotopic (exact) mass is 459 g/mol. The van der Waals surface area contributed by atoms with Gasteiger partial charge in [0, 0.05) is 45.7 Å². The maximum absolute atomic E-state index is 13.3. The first-order valence-corrected chi connectivity index (χ1v) is 11.2. The molecule has 1 aromatic carbocycles. The van der Waals surface area contributed by atoms with Gasteiger partial charge in [0.05, 0.1) is 5.54 Å². The van der Waals surface area contributed by atoms with Crippen LogP contribution in [-0.2, 0) is 10.3 Å². The molecular weight excluding hydrogens is 425 g/mol. The molecule has 2 aromatic rings. The lowest BCUT2D eigenvalue weighted by Crippen LogP contribution is -2.53. The summed E-state index contributed by atoms with van der Waals surface area (Å²) in [5.74, 6) is 0.322. The molecule has 1 fully saturated rings. The molecule has 0 radical (unpaired) electrons. The van der Waals surface area contributed by atoms with Crippen LogP contribution in [0.15, 0.2) is 35.5 Å². The molecule has 0 spiro atoms. The number of ether oxygens (including phenoxy) is 1. The van der Waals surface area contributed by atoms with E-state index in [0.29, 0.717) is 18.1 Å². The maximum atomic E-state index is 13.3. The number of hydrogen-bond donors (Lipinski definition) is 3. The Bertz CT molecular complexity index is 966. The molecule has 1 atom stereocenters. The average Bonchev–Trinajstić information content (AvgIpc) is 3.25. The molecule has 1 aliphatic heterocycles. The quantitative estimate of drug-likeness (QED) is 0.391. The summed E-state index contributed by atoms with van der Waals surface area (Å²) < 4.78 is 20.7. The zero-order valence-corrected chi connectivity index (χ0v) is 19.6. The van der Waals surface area contributed by atoms with Crippen molar-refractivity contribution < 1.29 is 13.9 Å². The van der Waals surface area contributed by atoms with Crippen molar-refractivity contribution in [2.24, 2.45) is 16.5 Å². The number of nitrogens with two attached hydrogens (primary N) is 2. The van der Waals surface area contributed by atoms with Gasteiger partial charge in [0.2, 0.25) is 0 Å². The minimum absolute atomic E-state index is 0.0388. The third-order valence-corrected chi connectivity index (χ3v) is 6.32. The first kappa shape index (κ1) is 24.7. The Labute approximate surface area is 194 Å². The van der Waals surface area contributed by atoms with Gasteiger partial charge in [0.25, 0.3) is 5.91 Å². The number of methoxy groups -OCH3 is 1. The van der Waals surface area contributed by atoms with E-state index in [2.05, 4.69) is 27.2 Å². The van der Waals surface area contributed by atoms with Crippen molar-refractivity contribution in [2.75, 3.05) is 39.1 Å². The van der Waals surface area contributed by atoms with E-state index in [1.807, 2.05) is 0 Å². The van der Waals surface area contributed by atoms with Crippen molar-refractivity contribution in [1.82, 2.24) is 14.7 Å². The van der Waals surface area contributed by atoms with Crippen molar-refractivity contribution in [1.29, 1.82) is 0 Å². The van der Waals surface area contributed by atoms with Crippen LogP contribution in [0.25, 0.3) is 0 Å². The summed E-state index contributed by atoms with van der Waals surface area (Å²) in [5.41, 5.74) is 12.3. The molecule has 180 valence electrons. The van der Waals surface area contributed by atoms with Crippen LogP contribution in [0.5, 0.6) is 0 Å². The van der Waals surface area contributed by atoms with Gasteiger partial charge in [-0.3, -0.25) is 14.5 Å². The van der Waals surface area contributed by atoms with Crippen molar-refractivity contribution in [3.05, 3.63) is 41.8 Å². The van der Waals surface area contributed by atoms with Crippen molar-refractivity contribution in [3.8, 4) is 0 Å². The number of benzene rings is 1. The summed E-state index contributed by atoms with van der Waals surface area (Å²) in [7, 11) is 3.51. The Morgan fingerprint density at radius 1 is 1.33 bits per heavy atom. The average molecular weight is 460 g/mol. The third-order valence-electron chi connectivity index (χ3n) is 6.32. The number of halogens is 1. The fraction of sp³-hybridized carbons (Fsp3) is 0.522. The Kier molecular flexibility index (Phi) is 8.04. The summed E-state index contributed by atoms with van der Waals surface area (Å²) in [6.07, 6.45) is 4.97. The predicted molar refractivity (Wildman–Crippen MR) is 127 cm³/mol. The highest BCUT2D eigenvalue weighted by Crippen LogP contribution is 2.32. The number of rotatable bonds is 9. The minimum atomic E-state index is -0.599. The van der Waals surface area contributed by atoms with Crippen molar-refractivity contribution in [3.63, 3.8) is 0 Å². The molecule has 1 amide bonds. The first-order chi connectivity index (χ1) is 15.9. The molecule has 9 nitrogen and oxygen atoms in total. The zero-order chi connectivity index (χ0) is 24.0.